The maximum Gasteiger partial charge on any atom is 0.123 e. The molecule has 3 rings (SSSR count). The molecule has 0 spiro atoms. The van der Waals surface area contributed by atoms with Gasteiger partial charge in [-0.1, -0.05) is 30.9 Å². The minimum atomic E-state index is 0.335. The number of aliphatic hydroxyl groups excluding tert-OH is 1. The fourth-order valence-electron chi connectivity index (χ4n) is 3.69. The highest BCUT2D eigenvalue weighted by Crippen LogP contribution is 2.42. The minimum Gasteiger partial charge on any atom is -0.510 e. The van der Waals surface area contributed by atoms with Gasteiger partial charge < -0.3 is 10.0 Å². The van der Waals surface area contributed by atoms with Crippen LogP contribution in [-0.4, -0.2) is 23.9 Å². The summed E-state index contributed by atoms with van der Waals surface area (Å²) in [7, 11) is 0. The van der Waals surface area contributed by atoms with Crippen LogP contribution in [0, 0.1) is 5.92 Å². The summed E-state index contributed by atoms with van der Waals surface area (Å²) < 4.78 is 0. The van der Waals surface area contributed by atoms with Crippen molar-refractivity contribution < 1.29 is 5.11 Å². The van der Waals surface area contributed by atoms with Crippen molar-refractivity contribution in [2.24, 2.45) is 5.92 Å². The van der Waals surface area contributed by atoms with Crippen molar-refractivity contribution in [3.63, 3.8) is 0 Å². The van der Waals surface area contributed by atoms with Crippen molar-refractivity contribution in [3.05, 3.63) is 40.0 Å². The molecule has 0 aromatic heterocycles. The largest absolute Gasteiger partial charge is 0.510 e. The molecular formula is C17H22ClNOS. The Kier molecular flexibility index (Phi) is 4.70. The van der Waals surface area contributed by atoms with E-state index in [2.05, 4.69) is 23.3 Å². The zero-order chi connectivity index (χ0) is 14.8. The average Bonchev–Trinajstić information content (AvgIpc) is 2.85. The Balaban J connectivity index is 1.90. The summed E-state index contributed by atoms with van der Waals surface area (Å²) >= 11 is 7.71. The van der Waals surface area contributed by atoms with Crippen LogP contribution in [0.2, 0.25) is 5.02 Å². The molecule has 2 nitrogen and oxygen atoms in total. The first-order valence-corrected chi connectivity index (χ1v) is 9.29. The summed E-state index contributed by atoms with van der Waals surface area (Å²) in [5, 5.41) is 11.1. The fraction of sp³-hybridized carbons (Fsp3) is 0.529. The number of aliphatic hydroxyl groups is 1. The van der Waals surface area contributed by atoms with Gasteiger partial charge in [0.25, 0.3) is 0 Å². The van der Waals surface area contributed by atoms with Crippen LogP contribution in [0.25, 0.3) is 0 Å². The van der Waals surface area contributed by atoms with Crippen LogP contribution in [-0.2, 0) is 0 Å². The van der Waals surface area contributed by atoms with Gasteiger partial charge in [-0.2, -0.15) is 0 Å². The van der Waals surface area contributed by atoms with Gasteiger partial charge in [-0.15, -0.1) is 11.8 Å². The Labute approximate surface area is 136 Å². The molecule has 1 aliphatic carbocycles. The van der Waals surface area contributed by atoms with Crippen LogP contribution in [0.5, 0.6) is 0 Å². The van der Waals surface area contributed by atoms with Gasteiger partial charge in [-0.25, -0.2) is 0 Å². The smallest absolute Gasteiger partial charge is 0.123 e. The first-order valence-electron chi connectivity index (χ1n) is 7.69. The number of rotatable bonds is 3. The second-order valence-electron chi connectivity index (χ2n) is 5.96. The number of hydrogen-bond donors (Lipinski definition) is 1. The van der Waals surface area contributed by atoms with Crippen molar-refractivity contribution in [1.29, 1.82) is 0 Å². The first-order chi connectivity index (χ1) is 10.2. The highest BCUT2D eigenvalue weighted by atomic mass is 35.5. The normalized spacial score (nSPS) is 23.9. The number of benzene rings is 1. The molecule has 114 valence electrons. The van der Waals surface area contributed by atoms with E-state index >= 15 is 0 Å². The van der Waals surface area contributed by atoms with Crippen molar-refractivity contribution in [2.75, 3.05) is 17.7 Å². The van der Waals surface area contributed by atoms with E-state index in [9.17, 15) is 5.11 Å². The maximum atomic E-state index is 10.4. The lowest BCUT2D eigenvalue weighted by molar-refractivity contribution is 0.327. The quantitative estimate of drug-likeness (QED) is 0.822. The van der Waals surface area contributed by atoms with E-state index in [4.69, 9.17) is 11.6 Å². The van der Waals surface area contributed by atoms with Gasteiger partial charge in [0.1, 0.15) is 5.76 Å². The number of thioether (sulfide) groups is 1. The lowest BCUT2D eigenvalue weighted by Crippen LogP contribution is -2.38. The third-order valence-electron chi connectivity index (χ3n) is 4.68. The maximum absolute atomic E-state index is 10.4. The van der Waals surface area contributed by atoms with E-state index in [1.165, 1.54) is 32.1 Å². The standard InChI is InChI=1S/C17H22ClNOS/c1-21-17-15(20)11-19(14-9-7-13(18)8-10-14)16(17)12-5-3-2-4-6-12/h7-10,12,16,20H,2-6,11H2,1H3. The van der Waals surface area contributed by atoms with Crippen LogP contribution >= 0.6 is 23.4 Å². The summed E-state index contributed by atoms with van der Waals surface area (Å²) in [4.78, 5) is 3.52. The highest BCUT2D eigenvalue weighted by molar-refractivity contribution is 8.02. The molecule has 21 heavy (non-hydrogen) atoms. The molecule has 0 radical (unpaired) electrons. The SMILES string of the molecule is CSC1=C(O)CN(c2ccc(Cl)cc2)C1C1CCCCC1. The predicted octanol–water partition coefficient (Wildman–Crippen LogP) is 5.24. The molecule has 4 heteroatoms. The van der Waals surface area contributed by atoms with Gasteiger partial charge in [-0.05, 0) is 49.3 Å². The summed E-state index contributed by atoms with van der Waals surface area (Å²) in [6, 6.07) is 8.33. The molecule has 2 aliphatic rings. The van der Waals surface area contributed by atoms with Crippen molar-refractivity contribution in [3.8, 4) is 0 Å². The monoisotopic (exact) mass is 323 g/mol. The van der Waals surface area contributed by atoms with E-state index in [0.717, 1.165) is 15.6 Å². The second-order valence-corrected chi connectivity index (χ2v) is 7.25. The molecular weight excluding hydrogens is 302 g/mol. The molecule has 0 amide bonds. The molecule has 1 heterocycles. The Bertz CT molecular complexity index is 522. The van der Waals surface area contributed by atoms with E-state index in [0.29, 0.717) is 24.3 Å². The molecule has 1 fully saturated rings. The zero-order valence-corrected chi connectivity index (χ0v) is 14.0. The number of anilines is 1. The molecule has 1 unspecified atom stereocenters. The average molecular weight is 324 g/mol. The Morgan fingerprint density at radius 1 is 1.14 bits per heavy atom. The van der Waals surface area contributed by atoms with Crippen molar-refractivity contribution in [2.45, 2.75) is 38.1 Å². The number of nitrogens with zero attached hydrogens (tertiary/aromatic N) is 1. The van der Waals surface area contributed by atoms with E-state index < -0.39 is 0 Å². The van der Waals surface area contributed by atoms with Gasteiger partial charge >= 0.3 is 0 Å². The second kappa shape index (κ2) is 6.53. The van der Waals surface area contributed by atoms with E-state index in [-0.39, 0.29) is 0 Å². The van der Waals surface area contributed by atoms with Gasteiger partial charge in [0.05, 0.1) is 12.6 Å². The lowest BCUT2D eigenvalue weighted by atomic mass is 9.83. The lowest BCUT2D eigenvalue weighted by Gasteiger charge is -2.36. The van der Waals surface area contributed by atoms with Crippen LogP contribution in [0.1, 0.15) is 32.1 Å². The van der Waals surface area contributed by atoms with Gasteiger partial charge in [0, 0.05) is 15.6 Å². The van der Waals surface area contributed by atoms with Crippen molar-refractivity contribution >= 4 is 29.1 Å². The number of hydrogen-bond acceptors (Lipinski definition) is 3. The summed E-state index contributed by atoms with van der Waals surface area (Å²) in [5.74, 6) is 1.20. The molecule has 1 aromatic carbocycles. The fourth-order valence-corrected chi connectivity index (χ4v) is 4.68. The van der Waals surface area contributed by atoms with Gasteiger partial charge in [0.2, 0.25) is 0 Å². The molecule has 0 bridgehead atoms. The molecule has 1 atom stereocenters. The van der Waals surface area contributed by atoms with Crippen LogP contribution in [0.15, 0.2) is 34.9 Å². The molecule has 0 saturated heterocycles. The molecule has 1 saturated carbocycles. The van der Waals surface area contributed by atoms with Gasteiger partial charge in [-0.3, -0.25) is 0 Å². The van der Waals surface area contributed by atoms with Crippen LogP contribution in [0.4, 0.5) is 5.69 Å². The van der Waals surface area contributed by atoms with Gasteiger partial charge in [0.15, 0.2) is 0 Å². The van der Waals surface area contributed by atoms with Crippen LogP contribution in [0.3, 0.4) is 0 Å². The molecule has 1 aromatic rings. The third kappa shape index (κ3) is 3.04. The van der Waals surface area contributed by atoms with E-state index in [1.807, 2.05) is 12.1 Å². The molecule has 1 aliphatic heterocycles. The highest BCUT2D eigenvalue weighted by Gasteiger charge is 2.38. The summed E-state index contributed by atoms with van der Waals surface area (Å²) in [6.45, 7) is 0.624. The summed E-state index contributed by atoms with van der Waals surface area (Å²) in [5.41, 5.74) is 1.16. The predicted molar refractivity (Wildman–Crippen MR) is 92.3 cm³/mol. The third-order valence-corrected chi connectivity index (χ3v) is 5.85. The minimum absolute atomic E-state index is 0.335. The Hall–Kier alpha value is -0.800. The van der Waals surface area contributed by atoms with E-state index in [1.54, 1.807) is 11.8 Å². The first kappa shape index (κ1) is 15.1. The topological polar surface area (TPSA) is 23.5 Å². The van der Waals surface area contributed by atoms with Crippen LogP contribution < -0.4 is 4.90 Å². The Morgan fingerprint density at radius 3 is 2.43 bits per heavy atom. The zero-order valence-electron chi connectivity index (χ0n) is 12.4. The summed E-state index contributed by atoms with van der Waals surface area (Å²) in [6.07, 6.45) is 8.61. The van der Waals surface area contributed by atoms with Crippen molar-refractivity contribution in [1.82, 2.24) is 0 Å². The number of halogens is 1. The Morgan fingerprint density at radius 2 is 1.81 bits per heavy atom. The molecule has 1 N–H and O–H groups in total.